The van der Waals surface area contributed by atoms with E-state index in [0.29, 0.717) is 17.0 Å². The van der Waals surface area contributed by atoms with E-state index in [4.69, 9.17) is 4.74 Å². The first-order chi connectivity index (χ1) is 15.8. The van der Waals surface area contributed by atoms with Crippen molar-refractivity contribution in [3.05, 3.63) is 101 Å². The molecule has 0 saturated carbocycles. The number of benzene rings is 3. The van der Waals surface area contributed by atoms with Gasteiger partial charge in [0, 0.05) is 11.3 Å². The standard InChI is InChI=1S/C28H27NO4/c1-17(2)33-23-15-12-21(16-19(23)4)26(30)24-25(20-8-6-5-7-9-20)29(28(32)27(24)31)22-13-10-18(3)11-14-22/h5-17,25,30H,1-4H3/b26-24-. The molecule has 1 atom stereocenters. The van der Waals surface area contributed by atoms with Gasteiger partial charge in [0.15, 0.2) is 0 Å². The zero-order valence-electron chi connectivity index (χ0n) is 19.2. The predicted molar refractivity (Wildman–Crippen MR) is 129 cm³/mol. The molecule has 5 heteroatoms. The third-order valence-electron chi connectivity index (χ3n) is 5.68. The van der Waals surface area contributed by atoms with Gasteiger partial charge in [-0.2, -0.15) is 0 Å². The zero-order chi connectivity index (χ0) is 23.7. The molecule has 1 N–H and O–H groups in total. The Balaban J connectivity index is 1.87. The molecular formula is C28H27NO4. The largest absolute Gasteiger partial charge is 0.507 e. The van der Waals surface area contributed by atoms with Gasteiger partial charge in [0.1, 0.15) is 11.5 Å². The van der Waals surface area contributed by atoms with E-state index in [9.17, 15) is 14.7 Å². The summed E-state index contributed by atoms with van der Waals surface area (Å²) in [6.45, 7) is 7.73. The van der Waals surface area contributed by atoms with Crippen LogP contribution in [0.5, 0.6) is 5.75 Å². The number of Topliss-reactive ketones (excluding diaryl/α,β-unsaturated/α-hetero) is 1. The van der Waals surface area contributed by atoms with Gasteiger partial charge < -0.3 is 9.84 Å². The number of carbonyl (C=O) groups excluding carboxylic acids is 2. The lowest BCUT2D eigenvalue weighted by Gasteiger charge is -2.25. The Labute approximate surface area is 193 Å². The molecule has 4 rings (SSSR count). The number of aliphatic hydroxyl groups is 1. The lowest BCUT2D eigenvalue weighted by atomic mass is 9.94. The van der Waals surface area contributed by atoms with Crippen LogP contribution >= 0.6 is 0 Å². The summed E-state index contributed by atoms with van der Waals surface area (Å²) in [5.41, 5.74) is 3.76. The fraction of sp³-hybridized carbons (Fsp3) is 0.214. The number of aryl methyl sites for hydroxylation is 2. The maximum atomic E-state index is 13.2. The van der Waals surface area contributed by atoms with E-state index in [1.165, 1.54) is 4.90 Å². The first kappa shape index (κ1) is 22.3. The molecule has 1 fully saturated rings. The molecule has 1 unspecified atom stereocenters. The summed E-state index contributed by atoms with van der Waals surface area (Å²) in [6, 6.07) is 21.2. The second-order valence-electron chi connectivity index (χ2n) is 8.56. The van der Waals surface area contributed by atoms with Gasteiger partial charge in [-0.25, -0.2) is 0 Å². The molecule has 3 aromatic rings. The van der Waals surface area contributed by atoms with Crippen LogP contribution in [0.2, 0.25) is 0 Å². The van der Waals surface area contributed by atoms with Crippen molar-refractivity contribution in [3.8, 4) is 5.75 Å². The first-order valence-electron chi connectivity index (χ1n) is 11.0. The van der Waals surface area contributed by atoms with E-state index in [1.807, 2.05) is 82.3 Å². The Morgan fingerprint density at radius 2 is 1.61 bits per heavy atom. The molecule has 33 heavy (non-hydrogen) atoms. The smallest absolute Gasteiger partial charge is 0.300 e. The molecule has 5 nitrogen and oxygen atoms in total. The number of amides is 1. The topological polar surface area (TPSA) is 66.8 Å². The fourth-order valence-electron chi connectivity index (χ4n) is 4.09. The number of ether oxygens (including phenoxy) is 1. The number of hydrogen-bond acceptors (Lipinski definition) is 4. The lowest BCUT2D eigenvalue weighted by Crippen LogP contribution is -2.29. The summed E-state index contributed by atoms with van der Waals surface area (Å²) in [5.74, 6) is -0.856. The number of aliphatic hydroxyl groups excluding tert-OH is 1. The summed E-state index contributed by atoms with van der Waals surface area (Å²) in [7, 11) is 0. The van der Waals surface area contributed by atoms with Crippen molar-refractivity contribution in [1.82, 2.24) is 0 Å². The van der Waals surface area contributed by atoms with Crippen LogP contribution in [0.3, 0.4) is 0 Å². The molecule has 1 saturated heterocycles. The molecular weight excluding hydrogens is 414 g/mol. The van der Waals surface area contributed by atoms with E-state index in [0.717, 1.165) is 16.7 Å². The summed E-state index contributed by atoms with van der Waals surface area (Å²) in [4.78, 5) is 27.9. The molecule has 0 spiro atoms. The van der Waals surface area contributed by atoms with Crippen LogP contribution in [0, 0.1) is 13.8 Å². The fourth-order valence-corrected chi connectivity index (χ4v) is 4.09. The van der Waals surface area contributed by atoms with E-state index >= 15 is 0 Å². The first-order valence-corrected chi connectivity index (χ1v) is 11.0. The average Bonchev–Trinajstić information content (AvgIpc) is 3.06. The highest BCUT2D eigenvalue weighted by atomic mass is 16.5. The van der Waals surface area contributed by atoms with Gasteiger partial charge >= 0.3 is 0 Å². The predicted octanol–water partition coefficient (Wildman–Crippen LogP) is 5.72. The van der Waals surface area contributed by atoms with Crippen molar-refractivity contribution in [3.63, 3.8) is 0 Å². The van der Waals surface area contributed by atoms with Crippen molar-refractivity contribution in [2.75, 3.05) is 4.90 Å². The number of anilines is 1. The van der Waals surface area contributed by atoms with Gasteiger partial charge in [0.25, 0.3) is 11.7 Å². The van der Waals surface area contributed by atoms with E-state index in [1.54, 1.807) is 18.2 Å². The quantitative estimate of drug-likeness (QED) is 0.313. The molecule has 1 amide bonds. The molecule has 3 aromatic carbocycles. The van der Waals surface area contributed by atoms with Crippen molar-refractivity contribution in [2.24, 2.45) is 0 Å². The van der Waals surface area contributed by atoms with Crippen molar-refractivity contribution in [1.29, 1.82) is 0 Å². The third kappa shape index (κ3) is 4.27. The number of nitrogens with zero attached hydrogens (tertiary/aromatic N) is 1. The van der Waals surface area contributed by atoms with Gasteiger partial charge in [-0.05, 0) is 69.2 Å². The minimum atomic E-state index is -0.735. The molecule has 0 aromatic heterocycles. The van der Waals surface area contributed by atoms with Crippen LogP contribution in [0.25, 0.3) is 5.76 Å². The van der Waals surface area contributed by atoms with E-state index < -0.39 is 17.7 Å². The minimum Gasteiger partial charge on any atom is -0.507 e. The van der Waals surface area contributed by atoms with Crippen LogP contribution in [0.15, 0.2) is 78.4 Å². The maximum Gasteiger partial charge on any atom is 0.300 e. The van der Waals surface area contributed by atoms with Crippen LogP contribution in [-0.4, -0.2) is 22.9 Å². The third-order valence-corrected chi connectivity index (χ3v) is 5.68. The Hall–Kier alpha value is -3.86. The summed E-state index contributed by atoms with van der Waals surface area (Å²) >= 11 is 0. The molecule has 0 radical (unpaired) electrons. The minimum absolute atomic E-state index is 0.0149. The number of rotatable bonds is 5. The van der Waals surface area contributed by atoms with Gasteiger partial charge in [-0.15, -0.1) is 0 Å². The van der Waals surface area contributed by atoms with E-state index in [2.05, 4.69) is 0 Å². The monoisotopic (exact) mass is 441 g/mol. The molecule has 1 heterocycles. The highest BCUT2D eigenvalue weighted by Gasteiger charge is 2.46. The van der Waals surface area contributed by atoms with Gasteiger partial charge in [-0.1, -0.05) is 48.0 Å². The normalized spacial score (nSPS) is 17.6. The van der Waals surface area contributed by atoms with Gasteiger partial charge in [0.2, 0.25) is 0 Å². The average molecular weight is 442 g/mol. The maximum absolute atomic E-state index is 13.2. The number of ketones is 1. The molecule has 0 aliphatic carbocycles. The van der Waals surface area contributed by atoms with Crippen LogP contribution in [0.4, 0.5) is 5.69 Å². The summed E-state index contributed by atoms with van der Waals surface area (Å²) in [5, 5.41) is 11.3. The Morgan fingerprint density at radius 3 is 2.21 bits per heavy atom. The van der Waals surface area contributed by atoms with Crippen molar-refractivity contribution >= 4 is 23.1 Å². The Kier molecular flexibility index (Phi) is 6.05. The van der Waals surface area contributed by atoms with Gasteiger partial charge in [0.05, 0.1) is 17.7 Å². The second kappa shape index (κ2) is 8.94. The SMILES string of the molecule is Cc1ccc(N2C(=O)C(=O)/C(=C(\O)c3ccc(OC(C)C)c(C)c3)C2c2ccccc2)cc1. The summed E-state index contributed by atoms with van der Waals surface area (Å²) in [6.07, 6.45) is 0.0149. The molecule has 168 valence electrons. The van der Waals surface area contributed by atoms with Crippen molar-refractivity contribution in [2.45, 2.75) is 39.8 Å². The number of carbonyl (C=O) groups is 2. The Bertz CT molecular complexity index is 1230. The van der Waals surface area contributed by atoms with Crippen LogP contribution in [-0.2, 0) is 9.59 Å². The lowest BCUT2D eigenvalue weighted by molar-refractivity contribution is -0.132. The Morgan fingerprint density at radius 1 is 0.939 bits per heavy atom. The summed E-state index contributed by atoms with van der Waals surface area (Å²) < 4.78 is 5.79. The number of hydrogen-bond donors (Lipinski definition) is 1. The highest BCUT2D eigenvalue weighted by Crippen LogP contribution is 2.42. The van der Waals surface area contributed by atoms with E-state index in [-0.39, 0.29) is 17.4 Å². The molecule has 1 aliphatic heterocycles. The zero-order valence-corrected chi connectivity index (χ0v) is 19.2. The second-order valence-corrected chi connectivity index (χ2v) is 8.56. The van der Waals surface area contributed by atoms with Crippen LogP contribution in [0.1, 0.15) is 42.1 Å². The van der Waals surface area contributed by atoms with Gasteiger partial charge in [-0.3, -0.25) is 14.5 Å². The molecule has 1 aliphatic rings. The highest BCUT2D eigenvalue weighted by molar-refractivity contribution is 6.51. The van der Waals surface area contributed by atoms with Crippen LogP contribution < -0.4 is 9.64 Å². The molecule has 0 bridgehead atoms. The van der Waals surface area contributed by atoms with Crippen molar-refractivity contribution < 1.29 is 19.4 Å².